The molecule has 0 aliphatic carbocycles. The molecule has 1 aromatic carbocycles. The van der Waals surface area contributed by atoms with E-state index in [1.807, 2.05) is 26.4 Å². The Hall–Kier alpha value is -3.71. The first kappa shape index (κ1) is 17.2. The number of aromatic amines is 2. The number of nitrogens with zero attached hydrogens (tertiary/aromatic N) is 4. The number of thiophene rings is 1. The Labute approximate surface area is 176 Å². The van der Waals surface area contributed by atoms with Crippen molar-refractivity contribution in [3.63, 3.8) is 0 Å². The summed E-state index contributed by atoms with van der Waals surface area (Å²) in [4.78, 5) is 12.4. The van der Waals surface area contributed by atoms with Gasteiger partial charge >= 0.3 is 0 Å². The first-order valence-electron chi connectivity index (χ1n) is 9.66. The summed E-state index contributed by atoms with van der Waals surface area (Å²) in [5, 5.41) is 14.2. The largest absolute Gasteiger partial charge is 0.338 e. The van der Waals surface area contributed by atoms with Crippen LogP contribution in [-0.4, -0.2) is 29.7 Å². The molecule has 0 radical (unpaired) electrons. The highest BCUT2D eigenvalue weighted by atomic mass is 32.1. The van der Waals surface area contributed by atoms with Crippen molar-refractivity contribution in [2.24, 2.45) is 7.05 Å². The number of rotatable bonds is 3. The van der Waals surface area contributed by atoms with Crippen LogP contribution < -0.4 is 0 Å². The summed E-state index contributed by atoms with van der Waals surface area (Å²) in [6, 6.07) is 12.7. The van der Waals surface area contributed by atoms with Crippen LogP contribution in [0.1, 0.15) is 5.82 Å². The van der Waals surface area contributed by atoms with Crippen LogP contribution in [0.3, 0.4) is 0 Å². The Kier molecular flexibility index (Phi) is 3.66. The van der Waals surface area contributed by atoms with E-state index >= 15 is 0 Å². The van der Waals surface area contributed by atoms with E-state index in [0.29, 0.717) is 0 Å². The molecule has 2 N–H and O–H groups in total. The van der Waals surface area contributed by atoms with Gasteiger partial charge in [-0.25, -0.2) is 9.97 Å². The number of aryl methyl sites for hydroxylation is 1. The van der Waals surface area contributed by atoms with Crippen molar-refractivity contribution in [1.82, 2.24) is 29.7 Å². The maximum atomic E-state index is 4.61. The topological polar surface area (TPSA) is 75.2 Å². The molecular weight excluding hydrogens is 392 g/mol. The van der Waals surface area contributed by atoms with Gasteiger partial charge in [-0.2, -0.15) is 16.4 Å². The Morgan fingerprint density at radius 3 is 2.73 bits per heavy atom. The van der Waals surface area contributed by atoms with Crippen molar-refractivity contribution < 1.29 is 0 Å². The van der Waals surface area contributed by atoms with Crippen molar-refractivity contribution in [3.8, 4) is 33.8 Å². The van der Waals surface area contributed by atoms with E-state index in [1.54, 1.807) is 11.3 Å². The summed E-state index contributed by atoms with van der Waals surface area (Å²) in [5.41, 5.74) is 8.28. The molecule has 6 aromatic rings. The summed E-state index contributed by atoms with van der Waals surface area (Å²) in [5.74, 6) is 0.986. The van der Waals surface area contributed by atoms with Crippen molar-refractivity contribution in [2.45, 2.75) is 6.92 Å². The van der Waals surface area contributed by atoms with Gasteiger partial charge in [0.05, 0.1) is 23.1 Å². The molecule has 0 bridgehead atoms. The van der Waals surface area contributed by atoms with Gasteiger partial charge in [0.15, 0.2) is 0 Å². The second-order valence-electron chi connectivity index (χ2n) is 7.40. The number of benzene rings is 1. The molecule has 0 spiro atoms. The Morgan fingerprint density at radius 1 is 1.00 bits per heavy atom. The minimum absolute atomic E-state index is 0.864. The number of aromatic nitrogens is 6. The van der Waals surface area contributed by atoms with Gasteiger partial charge in [-0.1, -0.05) is 6.07 Å². The number of nitrogens with one attached hydrogen (secondary N) is 2. The van der Waals surface area contributed by atoms with Gasteiger partial charge in [0.25, 0.3) is 0 Å². The van der Waals surface area contributed by atoms with Crippen LogP contribution in [0.4, 0.5) is 0 Å². The Bertz CT molecular complexity index is 1520. The van der Waals surface area contributed by atoms with E-state index in [4.69, 9.17) is 0 Å². The second-order valence-corrected chi connectivity index (χ2v) is 8.18. The SMILES string of the molecule is Cc1ncc(-c2ccc3[nH]nc(-c4cc5c(-c6ccsc6)ccnc5[nH]4)c3c2)n1C. The third kappa shape index (κ3) is 2.52. The van der Waals surface area contributed by atoms with Gasteiger partial charge in [-0.3, -0.25) is 5.10 Å². The molecule has 146 valence electrons. The second kappa shape index (κ2) is 6.40. The average molecular weight is 411 g/mol. The fraction of sp³-hybridized carbons (Fsp3) is 0.0870. The van der Waals surface area contributed by atoms with Gasteiger partial charge in [0.2, 0.25) is 0 Å². The summed E-state index contributed by atoms with van der Waals surface area (Å²) in [6.45, 7) is 2.01. The van der Waals surface area contributed by atoms with Crippen molar-refractivity contribution in [1.29, 1.82) is 0 Å². The first-order valence-corrected chi connectivity index (χ1v) is 10.6. The Morgan fingerprint density at radius 2 is 1.93 bits per heavy atom. The van der Waals surface area contributed by atoms with Crippen molar-refractivity contribution >= 4 is 33.3 Å². The van der Waals surface area contributed by atoms with Crippen LogP contribution in [0, 0.1) is 6.92 Å². The molecule has 0 fully saturated rings. The van der Waals surface area contributed by atoms with E-state index < -0.39 is 0 Å². The Balaban J connectivity index is 1.53. The summed E-state index contributed by atoms with van der Waals surface area (Å²) >= 11 is 1.70. The lowest BCUT2D eigenvalue weighted by Gasteiger charge is -2.04. The van der Waals surface area contributed by atoms with E-state index in [1.165, 1.54) is 11.1 Å². The molecule has 6 rings (SSSR count). The number of pyridine rings is 1. The quantitative estimate of drug-likeness (QED) is 0.402. The molecule has 30 heavy (non-hydrogen) atoms. The van der Waals surface area contributed by atoms with Gasteiger partial charge < -0.3 is 9.55 Å². The third-order valence-corrected chi connectivity index (χ3v) is 6.38. The molecular formula is C23H18N6S. The number of hydrogen-bond acceptors (Lipinski definition) is 4. The lowest BCUT2D eigenvalue weighted by molar-refractivity contribution is 0.865. The molecule has 0 saturated carbocycles. The number of imidazole rings is 1. The smallest absolute Gasteiger partial charge is 0.138 e. The fourth-order valence-electron chi connectivity index (χ4n) is 3.97. The fourth-order valence-corrected chi connectivity index (χ4v) is 4.63. The van der Waals surface area contributed by atoms with Gasteiger partial charge in [0.1, 0.15) is 17.2 Å². The number of H-pyrrole nitrogens is 2. The van der Waals surface area contributed by atoms with Crippen molar-refractivity contribution in [2.75, 3.05) is 0 Å². The van der Waals surface area contributed by atoms with E-state index in [-0.39, 0.29) is 0 Å². The van der Waals surface area contributed by atoms with E-state index in [0.717, 1.165) is 50.4 Å². The number of hydrogen-bond donors (Lipinski definition) is 2. The highest BCUT2D eigenvalue weighted by Gasteiger charge is 2.15. The molecule has 0 aliphatic rings. The molecule has 5 heterocycles. The summed E-state index contributed by atoms with van der Waals surface area (Å²) in [6.07, 6.45) is 3.76. The molecule has 5 aromatic heterocycles. The predicted octanol–water partition coefficient (Wildman–Crippen LogP) is 5.54. The zero-order valence-corrected chi connectivity index (χ0v) is 17.3. The van der Waals surface area contributed by atoms with Crippen molar-refractivity contribution in [3.05, 3.63) is 65.4 Å². The van der Waals surface area contributed by atoms with Crippen LogP contribution in [0.25, 0.3) is 55.7 Å². The van der Waals surface area contributed by atoms with E-state index in [2.05, 4.69) is 76.9 Å². The first-order chi connectivity index (χ1) is 14.7. The standard InChI is InChI=1S/C23H18N6S/c1-13-25-11-21(29(13)2)14-3-4-19-18(9-14)22(28-27-19)20-10-17-16(15-6-8-30-12-15)5-7-24-23(17)26-20/h3-12H,1-2H3,(H,24,26)(H,27,28). The monoisotopic (exact) mass is 410 g/mol. The molecule has 0 atom stereocenters. The molecule has 0 saturated heterocycles. The normalized spacial score (nSPS) is 11.7. The molecule has 0 unspecified atom stereocenters. The average Bonchev–Trinajstić information content (AvgIpc) is 3.54. The third-order valence-electron chi connectivity index (χ3n) is 5.70. The van der Waals surface area contributed by atoms with Crippen LogP contribution in [0.5, 0.6) is 0 Å². The van der Waals surface area contributed by atoms with Crippen LogP contribution in [0.15, 0.2) is 59.6 Å². The molecule has 7 heteroatoms. The van der Waals surface area contributed by atoms with Gasteiger partial charge in [-0.15, -0.1) is 0 Å². The summed E-state index contributed by atoms with van der Waals surface area (Å²) in [7, 11) is 2.04. The van der Waals surface area contributed by atoms with E-state index in [9.17, 15) is 0 Å². The minimum atomic E-state index is 0.864. The predicted molar refractivity (Wildman–Crippen MR) is 121 cm³/mol. The molecule has 0 aliphatic heterocycles. The maximum absolute atomic E-state index is 4.61. The zero-order chi connectivity index (χ0) is 20.2. The molecule has 6 nitrogen and oxygen atoms in total. The highest BCUT2D eigenvalue weighted by molar-refractivity contribution is 7.08. The van der Waals surface area contributed by atoms with Crippen LogP contribution in [0.2, 0.25) is 0 Å². The number of fused-ring (bicyclic) bond motifs is 2. The van der Waals surface area contributed by atoms with Crippen LogP contribution in [-0.2, 0) is 7.05 Å². The van der Waals surface area contributed by atoms with Crippen LogP contribution >= 0.6 is 11.3 Å². The van der Waals surface area contributed by atoms with Gasteiger partial charge in [0, 0.05) is 29.6 Å². The lowest BCUT2D eigenvalue weighted by Crippen LogP contribution is -1.94. The molecule has 0 amide bonds. The van der Waals surface area contributed by atoms with Gasteiger partial charge in [-0.05, 0) is 59.1 Å². The zero-order valence-electron chi connectivity index (χ0n) is 16.5. The summed E-state index contributed by atoms with van der Waals surface area (Å²) < 4.78 is 2.10. The maximum Gasteiger partial charge on any atom is 0.138 e. The lowest BCUT2D eigenvalue weighted by atomic mass is 10.1. The highest BCUT2D eigenvalue weighted by Crippen LogP contribution is 2.35. The minimum Gasteiger partial charge on any atom is -0.338 e.